The van der Waals surface area contributed by atoms with E-state index in [9.17, 15) is 4.79 Å². The van der Waals surface area contributed by atoms with E-state index in [0.29, 0.717) is 12.6 Å². The highest BCUT2D eigenvalue weighted by Crippen LogP contribution is 2.15. The third-order valence-corrected chi connectivity index (χ3v) is 3.85. The Morgan fingerprint density at radius 1 is 1.28 bits per heavy atom. The average molecular weight is 255 g/mol. The summed E-state index contributed by atoms with van der Waals surface area (Å²) in [6.07, 6.45) is 4.91. The van der Waals surface area contributed by atoms with Gasteiger partial charge in [0.2, 0.25) is 5.91 Å². The van der Waals surface area contributed by atoms with E-state index < -0.39 is 0 Å². The summed E-state index contributed by atoms with van der Waals surface area (Å²) >= 11 is 0. The number of nitrogens with zero attached hydrogens (tertiary/aromatic N) is 1. The molecule has 0 aliphatic carbocycles. The van der Waals surface area contributed by atoms with Gasteiger partial charge < -0.3 is 20.7 Å². The molecular formula is C13H25N3O2. The van der Waals surface area contributed by atoms with E-state index in [2.05, 4.69) is 10.2 Å². The van der Waals surface area contributed by atoms with Gasteiger partial charge in [0.25, 0.3) is 0 Å². The predicted octanol–water partition coefficient (Wildman–Crippen LogP) is 0.0948. The highest BCUT2D eigenvalue weighted by atomic mass is 16.5. The van der Waals surface area contributed by atoms with E-state index in [-0.39, 0.29) is 12.0 Å². The Hall–Kier alpha value is -0.650. The molecule has 0 aromatic heterocycles. The summed E-state index contributed by atoms with van der Waals surface area (Å²) < 4.78 is 5.50. The Kier molecular flexibility index (Phi) is 5.41. The highest BCUT2D eigenvalue weighted by Gasteiger charge is 2.26. The predicted molar refractivity (Wildman–Crippen MR) is 70.3 cm³/mol. The summed E-state index contributed by atoms with van der Waals surface area (Å²) in [6.45, 7) is 4.48. The number of hydrogen-bond acceptors (Lipinski definition) is 4. The molecule has 0 aromatic rings. The van der Waals surface area contributed by atoms with Gasteiger partial charge in [-0.2, -0.15) is 0 Å². The van der Waals surface area contributed by atoms with Gasteiger partial charge in [-0.15, -0.1) is 0 Å². The molecule has 0 bridgehead atoms. The van der Waals surface area contributed by atoms with Crippen LogP contribution in [0.2, 0.25) is 0 Å². The molecule has 0 spiro atoms. The summed E-state index contributed by atoms with van der Waals surface area (Å²) in [6, 6.07) is 0.317. The Bertz CT molecular complexity index is 259. The maximum atomic E-state index is 12.0. The maximum Gasteiger partial charge on any atom is 0.249 e. The largest absolute Gasteiger partial charge is 0.368 e. The van der Waals surface area contributed by atoms with E-state index in [0.717, 1.165) is 58.3 Å². The smallest absolute Gasteiger partial charge is 0.249 e. The van der Waals surface area contributed by atoms with Crippen molar-refractivity contribution in [3.63, 3.8) is 0 Å². The first-order valence-corrected chi connectivity index (χ1v) is 7.14. The molecule has 1 unspecified atom stereocenters. The Morgan fingerprint density at radius 2 is 2.06 bits per heavy atom. The van der Waals surface area contributed by atoms with Crippen molar-refractivity contribution in [2.24, 2.45) is 5.73 Å². The first-order chi connectivity index (χ1) is 8.79. The Balaban J connectivity index is 1.68. The summed E-state index contributed by atoms with van der Waals surface area (Å²) in [5.74, 6) is 0.0898. The third-order valence-electron chi connectivity index (χ3n) is 3.85. The lowest BCUT2D eigenvalue weighted by atomic mass is 10.0. The molecule has 1 atom stereocenters. The Morgan fingerprint density at radius 3 is 2.67 bits per heavy atom. The van der Waals surface area contributed by atoms with E-state index in [1.165, 1.54) is 0 Å². The molecule has 5 heteroatoms. The SMILES string of the molecule is NCCN1CCC(NC(=O)C2CCCCO2)CC1. The number of carbonyl (C=O) groups excluding carboxylic acids is 1. The van der Waals surface area contributed by atoms with Gasteiger partial charge in [-0.1, -0.05) is 0 Å². The minimum Gasteiger partial charge on any atom is -0.368 e. The normalized spacial score (nSPS) is 27.1. The lowest BCUT2D eigenvalue weighted by molar-refractivity contribution is -0.136. The molecule has 104 valence electrons. The fourth-order valence-electron chi connectivity index (χ4n) is 2.73. The van der Waals surface area contributed by atoms with Crippen molar-refractivity contribution in [1.29, 1.82) is 0 Å². The van der Waals surface area contributed by atoms with Gasteiger partial charge in [-0.3, -0.25) is 4.79 Å². The highest BCUT2D eigenvalue weighted by molar-refractivity contribution is 5.81. The number of nitrogens with one attached hydrogen (secondary N) is 1. The van der Waals surface area contributed by atoms with Crippen LogP contribution in [-0.2, 0) is 9.53 Å². The van der Waals surface area contributed by atoms with Crippen LogP contribution < -0.4 is 11.1 Å². The number of nitrogens with two attached hydrogens (primary N) is 1. The number of likely N-dealkylation sites (tertiary alicyclic amines) is 1. The van der Waals surface area contributed by atoms with Gasteiger partial charge >= 0.3 is 0 Å². The molecule has 0 saturated carbocycles. The van der Waals surface area contributed by atoms with Crippen LogP contribution >= 0.6 is 0 Å². The standard InChI is InChI=1S/C13H25N3O2/c14-6-9-16-7-4-11(5-8-16)15-13(17)12-3-1-2-10-18-12/h11-12H,1-10,14H2,(H,15,17). The van der Waals surface area contributed by atoms with Crippen LogP contribution in [0.25, 0.3) is 0 Å². The maximum absolute atomic E-state index is 12.0. The van der Waals surface area contributed by atoms with Crippen LogP contribution in [0.4, 0.5) is 0 Å². The number of piperidine rings is 1. The zero-order valence-corrected chi connectivity index (χ0v) is 11.1. The molecule has 2 aliphatic rings. The second kappa shape index (κ2) is 7.07. The minimum atomic E-state index is -0.208. The first-order valence-electron chi connectivity index (χ1n) is 7.14. The Labute approximate surface area is 109 Å². The quantitative estimate of drug-likeness (QED) is 0.747. The summed E-state index contributed by atoms with van der Waals surface area (Å²) in [7, 11) is 0. The van der Waals surface area contributed by atoms with Gasteiger partial charge in [0.05, 0.1) is 0 Å². The van der Waals surface area contributed by atoms with Crippen molar-refractivity contribution in [3.8, 4) is 0 Å². The van der Waals surface area contributed by atoms with E-state index in [4.69, 9.17) is 10.5 Å². The van der Waals surface area contributed by atoms with E-state index in [1.54, 1.807) is 0 Å². The number of amides is 1. The molecule has 0 radical (unpaired) electrons. The van der Waals surface area contributed by atoms with Crippen LogP contribution in [0.15, 0.2) is 0 Å². The van der Waals surface area contributed by atoms with Gasteiger partial charge in [0.1, 0.15) is 6.10 Å². The zero-order chi connectivity index (χ0) is 12.8. The van der Waals surface area contributed by atoms with Gasteiger partial charge in [-0.25, -0.2) is 0 Å². The lowest BCUT2D eigenvalue weighted by Gasteiger charge is -2.33. The topological polar surface area (TPSA) is 67.6 Å². The number of hydrogen-bond donors (Lipinski definition) is 2. The molecule has 1 amide bonds. The van der Waals surface area contributed by atoms with Crippen molar-refractivity contribution in [2.45, 2.75) is 44.2 Å². The summed E-state index contributed by atoms with van der Waals surface area (Å²) in [5, 5.41) is 3.13. The molecule has 0 aromatic carbocycles. The average Bonchev–Trinajstić information content (AvgIpc) is 2.42. The molecule has 2 fully saturated rings. The molecule has 2 saturated heterocycles. The van der Waals surface area contributed by atoms with Crippen LogP contribution in [-0.4, -0.2) is 55.7 Å². The van der Waals surface area contributed by atoms with E-state index >= 15 is 0 Å². The van der Waals surface area contributed by atoms with Crippen molar-refractivity contribution < 1.29 is 9.53 Å². The molecule has 5 nitrogen and oxygen atoms in total. The second-order valence-electron chi connectivity index (χ2n) is 5.27. The van der Waals surface area contributed by atoms with Crippen LogP contribution in [0.5, 0.6) is 0 Å². The van der Waals surface area contributed by atoms with Gasteiger partial charge in [0.15, 0.2) is 0 Å². The van der Waals surface area contributed by atoms with Crippen LogP contribution in [0.3, 0.4) is 0 Å². The third kappa shape index (κ3) is 3.93. The van der Waals surface area contributed by atoms with Gasteiger partial charge in [0, 0.05) is 38.8 Å². The van der Waals surface area contributed by atoms with Gasteiger partial charge in [-0.05, 0) is 32.1 Å². The molecule has 2 heterocycles. The zero-order valence-electron chi connectivity index (χ0n) is 11.1. The molecular weight excluding hydrogens is 230 g/mol. The number of carbonyl (C=O) groups is 1. The second-order valence-corrected chi connectivity index (χ2v) is 5.27. The van der Waals surface area contributed by atoms with Crippen molar-refractivity contribution in [2.75, 3.05) is 32.8 Å². The monoisotopic (exact) mass is 255 g/mol. The first kappa shape index (κ1) is 13.8. The molecule has 18 heavy (non-hydrogen) atoms. The number of ether oxygens (including phenoxy) is 1. The molecule has 3 N–H and O–H groups in total. The van der Waals surface area contributed by atoms with Crippen LogP contribution in [0, 0.1) is 0 Å². The fourth-order valence-corrected chi connectivity index (χ4v) is 2.73. The van der Waals surface area contributed by atoms with E-state index in [1.807, 2.05) is 0 Å². The molecule has 2 aliphatic heterocycles. The van der Waals surface area contributed by atoms with Crippen molar-refractivity contribution >= 4 is 5.91 Å². The number of rotatable bonds is 4. The summed E-state index contributed by atoms with van der Waals surface area (Å²) in [5.41, 5.74) is 5.54. The van der Waals surface area contributed by atoms with Crippen molar-refractivity contribution in [1.82, 2.24) is 10.2 Å². The molecule has 2 rings (SSSR count). The van der Waals surface area contributed by atoms with Crippen molar-refractivity contribution in [3.05, 3.63) is 0 Å². The minimum absolute atomic E-state index is 0.0898. The summed E-state index contributed by atoms with van der Waals surface area (Å²) in [4.78, 5) is 14.4. The lowest BCUT2D eigenvalue weighted by Crippen LogP contribution is -2.49. The fraction of sp³-hybridized carbons (Fsp3) is 0.923. The van der Waals surface area contributed by atoms with Crippen LogP contribution in [0.1, 0.15) is 32.1 Å².